The third-order valence-electron chi connectivity index (χ3n) is 2.32. The van der Waals surface area contributed by atoms with E-state index in [1.165, 1.54) is 18.5 Å². The van der Waals surface area contributed by atoms with Gasteiger partial charge in [-0.05, 0) is 5.56 Å². The van der Waals surface area contributed by atoms with Crippen LogP contribution in [0.25, 0.3) is 0 Å². The van der Waals surface area contributed by atoms with Crippen LogP contribution in [0.2, 0.25) is 0 Å². The van der Waals surface area contributed by atoms with Crippen molar-refractivity contribution in [3.05, 3.63) is 64.5 Å². The molecule has 1 aromatic heterocycles. The second kappa shape index (κ2) is 5.07. The zero-order valence-electron chi connectivity index (χ0n) is 9.04. The summed E-state index contributed by atoms with van der Waals surface area (Å²) in [4.78, 5) is 14.2. The Morgan fingerprint density at radius 2 is 2.00 bits per heavy atom. The molecule has 86 valence electrons. The van der Waals surface area contributed by atoms with Gasteiger partial charge < -0.3 is 5.32 Å². The SMILES string of the molecule is O=[N+]([O-])c1ccncc1NCc1ccccc1. The topological polar surface area (TPSA) is 68.1 Å². The normalized spacial score (nSPS) is 9.88. The first kappa shape index (κ1) is 11.1. The van der Waals surface area contributed by atoms with Gasteiger partial charge in [-0.15, -0.1) is 0 Å². The number of hydrogen-bond donors (Lipinski definition) is 1. The summed E-state index contributed by atoms with van der Waals surface area (Å²) >= 11 is 0. The van der Waals surface area contributed by atoms with Crippen molar-refractivity contribution >= 4 is 11.4 Å². The molecule has 0 amide bonds. The van der Waals surface area contributed by atoms with E-state index in [1.807, 2.05) is 30.3 Å². The number of rotatable bonds is 4. The minimum Gasteiger partial charge on any atom is -0.374 e. The lowest BCUT2D eigenvalue weighted by atomic mass is 10.2. The van der Waals surface area contributed by atoms with Crippen LogP contribution < -0.4 is 5.32 Å². The number of anilines is 1. The summed E-state index contributed by atoms with van der Waals surface area (Å²) < 4.78 is 0. The first-order valence-electron chi connectivity index (χ1n) is 5.13. The van der Waals surface area contributed by atoms with Gasteiger partial charge in [0.1, 0.15) is 5.69 Å². The monoisotopic (exact) mass is 229 g/mol. The quantitative estimate of drug-likeness (QED) is 0.646. The van der Waals surface area contributed by atoms with Gasteiger partial charge in [0, 0.05) is 18.8 Å². The van der Waals surface area contributed by atoms with Gasteiger partial charge in [-0.25, -0.2) is 0 Å². The highest BCUT2D eigenvalue weighted by Gasteiger charge is 2.12. The zero-order valence-corrected chi connectivity index (χ0v) is 9.04. The Labute approximate surface area is 98.3 Å². The van der Waals surface area contributed by atoms with Crippen LogP contribution in [0.3, 0.4) is 0 Å². The van der Waals surface area contributed by atoms with Crippen molar-refractivity contribution in [2.75, 3.05) is 5.32 Å². The fourth-order valence-corrected chi connectivity index (χ4v) is 1.48. The highest BCUT2D eigenvalue weighted by Crippen LogP contribution is 2.22. The molecular formula is C12H11N3O2. The highest BCUT2D eigenvalue weighted by molar-refractivity contribution is 5.59. The molecule has 0 atom stereocenters. The maximum Gasteiger partial charge on any atom is 0.295 e. The summed E-state index contributed by atoms with van der Waals surface area (Å²) in [5.41, 5.74) is 1.53. The Hall–Kier alpha value is -2.43. The summed E-state index contributed by atoms with van der Waals surface area (Å²) in [5.74, 6) is 0. The van der Waals surface area contributed by atoms with Gasteiger partial charge in [0.15, 0.2) is 0 Å². The average molecular weight is 229 g/mol. The molecule has 2 rings (SSSR count). The van der Waals surface area contributed by atoms with Gasteiger partial charge in [0.2, 0.25) is 0 Å². The predicted molar refractivity (Wildman–Crippen MR) is 64.7 cm³/mol. The van der Waals surface area contributed by atoms with Gasteiger partial charge in [-0.1, -0.05) is 30.3 Å². The van der Waals surface area contributed by atoms with Crippen LogP contribution in [0, 0.1) is 10.1 Å². The minimum atomic E-state index is -0.422. The summed E-state index contributed by atoms with van der Waals surface area (Å²) in [6.45, 7) is 0.535. The number of aromatic nitrogens is 1. The van der Waals surface area contributed by atoms with Crippen LogP contribution in [0.5, 0.6) is 0 Å². The van der Waals surface area contributed by atoms with E-state index in [9.17, 15) is 10.1 Å². The molecule has 0 fully saturated rings. The average Bonchev–Trinajstić information content (AvgIpc) is 2.38. The van der Waals surface area contributed by atoms with Crippen LogP contribution in [0.15, 0.2) is 48.8 Å². The van der Waals surface area contributed by atoms with Crippen LogP contribution >= 0.6 is 0 Å². The molecule has 0 aliphatic heterocycles. The van der Waals surface area contributed by atoms with Crippen LogP contribution in [0.4, 0.5) is 11.4 Å². The molecule has 1 heterocycles. The molecule has 0 spiro atoms. The summed E-state index contributed by atoms with van der Waals surface area (Å²) in [6.07, 6.45) is 2.87. The van der Waals surface area contributed by atoms with Gasteiger partial charge in [0.05, 0.1) is 11.1 Å². The lowest BCUT2D eigenvalue weighted by Crippen LogP contribution is -2.02. The summed E-state index contributed by atoms with van der Waals surface area (Å²) in [6, 6.07) is 11.1. The van der Waals surface area contributed by atoms with E-state index in [-0.39, 0.29) is 5.69 Å². The molecule has 0 unspecified atom stereocenters. The van der Waals surface area contributed by atoms with E-state index in [0.29, 0.717) is 12.2 Å². The fraction of sp³-hybridized carbons (Fsp3) is 0.0833. The smallest absolute Gasteiger partial charge is 0.295 e. The van der Waals surface area contributed by atoms with Crippen molar-refractivity contribution in [1.82, 2.24) is 4.98 Å². The third-order valence-corrected chi connectivity index (χ3v) is 2.32. The van der Waals surface area contributed by atoms with Crippen molar-refractivity contribution < 1.29 is 4.92 Å². The molecule has 2 aromatic rings. The van der Waals surface area contributed by atoms with Crippen molar-refractivity contribution in [1.29, 1.82) is 0 Å². The van der Waals surface area contributed by atoms with E-state index in [4.69, 9.17) is 0 Å². The molecular weight excluding hydrogens is 218 g/mol. The molecule has 0 aliphatic carbocycles. The molecule has 0 bridgehead atoms. The molecule has 1 aromatic carbocycles. The molecule has 0 aliphatic rings. The van der Waals surface area contributed by atoms with E-state index >= 15 is 0 Å². The Morgan fingerprint density at radius 1 is 1.24 bits per heavy atom. The van der Waals surface area contributed by atoms with Gasteiger partial charge >= 0.3 is 0 Å². The fourth-order valence-electron chi connectivity index (χ4n) is 1.48. The number of nitro groups is 1. The Morgan fingerprint density at radius 3 is 2.71 bits per heavy atom. The lowest BCUT2D eigenvalue weighted by Gasteiger charge is -2.06. The maximum atomic E-state index is 10.8. The van der Waals surface area contributed by atoms with E-state index in [1.54, 1.807) is 0 Å². The van der Waals surface area contributed by atoms with Crippen molar-refractivity contribution in [2.24, 2.45) is 0 Å². The molecule has 0 radical (unpaired) electrons. The maximum absolute atomic E-state index is 10.8. The second-order valence-electron chi connectivity index (χ2n) is 3.49. The molecule has 5 heteroatoms. The zero-order chi connectivity index (χ0) is 12.1. The van der Waals surface area contributed by atoms with Crippen molar-refractivity contribution in [3.8, 4) is 0 Å². The minimum absolute atomic E-state index is 0.0379. The van der Waals surface area contributed by atoms with Gasteiger partial charge in [0.25, 0.3) is 5.69 Å². The molecule has 17 heavy (non-hydrogen) atoms. The molecule has 0 saturated heterocycles. The van der Waals surface area contributed by atoms with Gasteiger partial charge in [-0.2, -0.15) is 0 Å². The van der Waals surface area contributed by atoms with Crippen molar-refractivity contribution in [3.63, 3.8) is 0 Å². The number of nitrogens with one attached hydrogen (secondary N) is 1. The highest BCUT2D eigenvalue weighted by atomic mass is 16.6. The Bertz CT molecular complexity index is 514. The van der Waals surface area contributed by atoms with Gasteiger partial charge in [-0.3, -0.25) is 15.1 Å². The van der Waals surface area contributed by atoms with Crippen LogP contribution in [0.1, 0.15) is 5.56 Å². The number of hydrogen-bond acceptors (Lipinski definition) is 4. The number of pyridine rings is 1. The predicted octanol–water partition coefficient (Wildman–Crippen LogP) is 2.60. The molecule has 0 saturated carbocycles. The third kappa shape index (κ3) is 2.78. The molecule has 5 nitrogen and oxygen atoms in total. The van der Waals surface area contributed by atoms with Crippen molar-refractivity contribution in [2.45, 2.75) is 6.54 Å². The van der Waals surface area contributed by atoms with E-state index < -0.39 is 4.92 Å². The number of nitrogens with zero attached hydrogens (tertiary/aromatic N) is 2. The summed E-state index contributed by atoms with van der Waals surface area (Å²) in [5, 5.41) is 13.8. The number of benzene rings is 1. The lowest BCUT2D eigenvalue weighted by molar-refractivity contribution is -0.384. The first-order chi connectivity index (χ1) is 8.27. The Balaban J connectivity index is 2.12. The Kier molecular flexibility index (Phi) is 3.30. The second-order valence-corrected chi connectivity index (χ2v) is 3.49. The molecule has 1 N–H and O–H groups in total. The first-order valence-corrected chi connectivity index (χ1v) is 5.13. The van der Waals surface area contributed by atoms with E-state index in [2.05, 4.69) is 10.3 Å². The van der Waals surface area contributed by atoms with E-state index in [0.717, 1.165) is 5.56 Å². The van der Waals surface area contributed by atoms with Crippen LogP contribution in [-0.4, -0.2) is 9.91 Å². The summed E-state index contributed by atoms with van der Waals surface area (Å²) in [7, 11) is 0. The largest absolute Gasteiger partial charge is 0.374 e. The standard InChI is InChI=1S/C12H11N3O2/c16-15(17)12-6-7-13-9-11(12)14-8-10-4-2-1-3-5-10/h1-7,9,14H,8H2. The van der Waals surface area contributed by atoms with Crippen LogP contribution in [-0.2, 0) is 6.54 Å².